The number of ether oxygens (including phenoxy) is 4. The maximum absolute atomic E-state index is 11.9. The molecule has 2 N–H and O–H groups in total. The van der Waals surface area contributed by atoms with Crippen LogP contribution >= 0.6 is 0 Å². The van der Waals surface area contributed by atoms with Crippen molar-refractivity contribution in [1.29, 1.82) is 0 Å². The van der Waals surface area contributed by atoms with Crippen LogP contribution in [0.4, 0.5) is 10.5 Å². The Balaban J connectivity index is 2.38. The fourth-order valence-electron chi connectivity index (χ4n) is 1.90. The fourth-order valence-corrected chi connectivity index (χ4v) is 1.90. The Morgan fingerprint density at radius 2 is 1.78 bits per heavy atom. The van der Waals surface area contributed by atoms with Crippen molar-refractivity contribution in [3.05, 3.63) is 18.2 Å². The number of rotatable bonds is 8. The third-order valence-corrected chi connectivity index (χ3v) is 3.04. The highest BCUT2D eigenvalue weighted by Gasteiger charge is 2.16. The average Bonchev–Trinajstić information content (AvgIpc) is 2.58. The zero-order valence-corrected chi connectivity index (χ0v) is 16.2. The summed E-state index contributed by atoms with van der Waals surface area (Å²) < 4.78 is 20.2. The summed E-state index contributed by atoms with van der Waals surface area (Å²) in [7, 11) is 2.97. The molecule has 0 spiro atoms. The predicted octanol–water partition coefficient (Wildman–Crippen LogP) is 2.10. The van der Waals surface area contributed by atoms with Gasteiger partial charge in [-0.05, 0) is 32.9 Å². The van der Waals surface area contributed by atoms with Gasteiger partial charge >= 0.3 is 12.1 Å². The lowest BCUT2D eigenvalue weighted by Gasteiger charge is -2.19. The van der Waals surface area contributed by atoms with E-state index < -0.39 is 30.2 Å². The lowest BCUT2D eigenvalue weighted by molar-refractivity contribution is -0.147. The van der Waals surface area contributed by atoms with E-state index >= 15 is 0 Å². The molecule has 150 valence electrons. The van der Waals surface area contributed by atoms with Gasteiger partial charge in [0, 0.05) is 12.6 Å². The van der Waals surface area contributed by atoms with Gasteiger partial charge in [-0.15, -0.1) is 0 Å². The quantitative estimate of drug-likeness (QED) is 0.662. The van der Waals surface area contributed by atoms with Crippen molar-refractivity contribution in [2.75, 3.05) is 32.7 Å². The number of benzene rings is 1. The van der Waals surface area contributed by atoms with Gasteiger partial charge in [-0.3, -0.25) is 9.59 Å². The van der Waals surface area contributed by atoms with E-state index in [1.54, 1.807) is 39.0 Å². The van der Waals surface area contributed by atoms with E-state index in [4.69, 9.17) is 18.9 Å². The van der Waals surface area contributed by atoms with Crippen LogP contribution in [0.3, 0.4) is 0 Å². The Kier molecular flexibility index (Phi) is 8.37. The van der Waals surface area contributed by atoms with Crippen molar-refractivity contribution in [2.24, 2.45) is 0 Å². The van der Waals surface area contributed by atoms with Crippen molar-refractivity contribution in [3.8, 4) is 11.5 Å². The van der Waals surface area contributed by atoms with E-state index in [1.165, 1.54) is 14.2 Å². The molecule has 1 aromatic carbocycles. The van der Waals surface area contributed by atoms with Gasteiger partial charge in [0.15, 0.2) is 6.61 Å². The maximum Gasteiger partial charge on any atom is 0.407 e. The molecule has 0 bridgehead atoms. The zero-order valence-electron chi connectivity index (χ0n) is 16.2. The number of amides is 2. The van der Waals surface area contributed by atoms with Crippen molar-refractivity contribution >= 4 is 23.7 Å². The molecule has 0 unspecified atom stereocenters. The molecule has 9 heteroatoms. The number of methoxy groups -OCH3 is 2. The first-order valence-electron chi connectivity index (χ1n) is 8.29. The minimum Gasteiger partial charge on any atom is -0.497 e. The third-order valence-electron chi connectivity index (χ3n) is 3.04. The fraction of sp³-hybridized carbons (Fsp3) is 0.500. The average molecular weight is 382 g/mol. The van der Waals surface area contributed by atoms with Crippen molar-refractivity contribution < 1.29 is 33.3 Å². The summed E-state index contributed by atoms with van der Waals surface area (Å²) in [5.41, 5.74) is -0.228. The van der Waals surface area contributed by atoms with Gasteiger partial charge < -0.3 is 29.6 Å². The topological polar surface area (TPSA) is 112 Å². The molecule has 0 atom stereocenters. The molecule has 0 radical (unpaired) electrons. The number of carbonyl (C=O) groups is 3. The predicted molar refractivity (Wildman–Crippen MR) is 98.0 cm³/mol. The number of carbonyl (C=O) groups excluding carboxylic acids is 3. The number of esters is 1. The Morgan fingerprint density at radius 1 is 1.07 bits per heavy atom. The van der Waals surface area contributed by atoms with Crippen LogP contribution in [-0.4, -0.2) is 50.9 Å². The van der Waals surface area contributed by atoms with Gasteiger partial charge in [-0.25, -0.2) is 4.79 Å². The molecule has 0 aromatic heterocycles. The summed E-state index contributed by atoms with van der Waals surface area (Å²) in [5.74, 6) is -0.179. The molecular weight excluding hydrogens is 356 g/mol. The number of hydrogen-bond donors (Lipinski definition) is 2. The maximum atomic E-state index is 11.9. The van der Waals surface area contributed by atoms with E-state index in [0.29, 0.717) is 17.2 Å². The SMILES string of the molecule is COc1ccc(OC)c(NC(=O)COC(=O)CCNC(=O)OC(C)(C)C)c1. The Bertz CT molecular complexity index is 668. The normalized spacial score (nSPS) is 10.6. The summed E-state index contributed by atoms with van der Waals surface area (Å²) in [6.45, 7) is 4.77. The second-order valence-electron chi connectivity index (χ2n) is 6.45. The first kappa shape index (κ1) is 22.1. The highest BCUT2D eigenvalue weighted by Crippen LogP contribution is 2.28. The van der Waals surface area contributed by atoms with E-state index in [-0.39, 0.29) is 13.0 Å². The number of anilines is 1. The molecule has 1 aromatic rings. The van der Waals surface area contributed by atoms with Gasteiger partial charge in [-0.2, -0.15) is 0 Å². The summed E-state index contributed by atoms with van der Waals surface area (Å²) >= 11 is 0. The monoisotopic (exact) mass is 382 g/mol. The molecule has 1 rings (SSSR count). The van der Waals surface area contributed by atoms with Gasteiger partial charge in [0.2, 0.25) is 0 Å². The summed E-state index contributed by atoms with van der Waals surface area (Å²) in [5, 5.41) is 5.01. The Hall–Kier alpha value is -2.97. The molecule has 0 saturated heterocycles. The molecule has 0 aliphatic heterocycles. The Labute approximate surface area is 158 Å². The van der Waals surface area contributed by atoms with E-state index in [0.717, 1.165) is 0 Å². The minimum absolute atomic E-state index is 0.0407. The van der Waals surface area contributed by atoms with Crippen molar-refractivity contribution in [2.45, 2.75) is 32.8 Å². The first-order valence-corrected chi connectivity index (χ1v) is 8.29. The largest absolute Gasteiger partial charge is 0.497 e. The molecule has 0 heterocycles. The molecule has 9 nitrogen and oxygen atoms in total. The van der Waals surface area contributed by atoms with Crippen LogP contribution in [-0.2, 0) is 19.1 Å². The van der Waals surface area contributed by atoms with E-state index in [9.17, 15) is 14.4 Å². The lowest BCUT2D eigenvalue weighted by Crippen LogP contribution is -2.34. The van der Waals surface area contributed by atoms with Crippen LogP contribution in [0, 0.1) is 0 Å². The van der Waals surface area contributed by atoms with Crippen molar-refractivity contribution in [1.82, 2.24) is 5.32 Å². The van der Waals surface area contributed by atoms with Crippen LogP contribution in [0.5, 0.6) is 11.5 Å². The number of nitrogens with one attached hydrogen (secondary N) is 2. The summed E-state index contributed by atoms with van der Waals surface area (Å²) in [4.78, 5) is 35.1. The van der Waals surface area contributed by atoms with Crippen LogP contribution in [0.15, 0.2) is 18.2 Å². The highest BCUT2D eigenvalue weighted by atomic mass is 16.6. The molecule has 0 saturated carbocycles. The minimum atomic E-state index is -0.627. The van der Waals surface area contributed by atoms with E-state index in [2.05, 4.69) is 10.6 Å². The van der Waals surface area contributed by atoms with Gasteiger partial charge in [0.1, 0.15) is 17.1 Å². The molecule has 0 fully saturated rings. The standard InChI is InChI=1S/C18H26N2O7/c1-18(2,3)27-17(23)19-9-8-16(22)26-11-15(21)20-13-10-12(24-4)6-7-14(13)25-5/h6-7,10H,8-9,11H2,1-5H3,(H,19,23)(H,20,21). The number of hydrogen-bond acceptors (Lipinski definition) is 7. The number of alkyl carbamates (subject to hydrolysis) is 1. The third kappa shape index (κ3) is 8.80. The van der Waals surface area contributed by atoms with Crippen LogP contribution < -0.4 is 20.1 Å². The summed E-state index contributed by atoms with van der Waals surface area (Å²) in [6.07, 6.45) is -0.715. The lowest BCUT2D eigenvalue weighted by atomic mass is 10.2. The zero-order chi connectivity index (χ0) is 20.4. The van der Waals surface area contributed by atoms with Crippen LogP contribution in [0.25, 0.3) is 0 Å². The second kappa shape index (κ2) is 10.2. The van der Waals surface area contributed by atoms with Crippen LogP contribution in [0.1, 0.15) is 27.2 Å². The smallest absolute Gasteiger partial charge is 0.407 e. The van der Waals surface area contributed by atoms with Gasteiger partial charge in [0.25, 0.3) is 5.91 Å². The molecule has 0 aliphatic carbocycles. The highest BCUT2D eigenvalue weighted by molar-refractivity contribution is 5.94. The Morgan fingerprint density at radius 3 is 2.37 bits per heavy atom. The molecule has 0 aliphatic rings. The van der Waals surface area contributed by atoms with Crippen molar-refractivity contribution in [3.63, 3.8) is 0 Å². The second-order valence-corrected chi connectivity index (χ2v) is 6.45. The van der Waals surface area contributed by atoms with E-state index in [1.807, 2.05) is 0 Å². The summed E-state index contributed by atoms with van der Waals surface area (Å²) in [6, 6.07) is 4.91. The van der Waals surface area contributed by atoms with Gasteiger partial charge in [0.05, 0.1) is 26.3 Å². The molecule has 27 heavy (non-hydrogen) atoms. The van der Waals surface area contributed by atoms with Gasteiger partial charge in [-0.1, -0.05) is 0 Å². The molecular formula is C18H26N2O7. The first-order chi connectivity index (χ1) is 12.6. The van der Waals surface area contributed by atoms with Crippen LogP contribution in [0.2, 0.25) is 0 Å². The molecule has 2 amide bonds.